The van der Waals surface area contributed by atoms with Crippen molar-refractivity contribution in [2.24, 2.45) is 13.0 Å². The molecule has 1 aromatic heterocycles. The van der Waals surface area contributed by atoms with Crippen LogP contribution in [0.3, 0.4) is 0 Å². The summed E-state index contributed by atoms with van der Waals surface area (Å²) in [6.45, 7) is 5.27. The molecule has 0 fully saturated rings. The molecule has 0 radical (unpaired) electrons. The quantitative estimate of drug-likeness (QED) is 0.794. The maximum Gasteiger partial charge on any atom is 0.230 e. The zero-order chi connectivity index (χ0) is 17.8. The van der Waals surface area contributed by atoms with Gasteiger partial charge in [-0.2, -0.15) is 0 Å². The van der Waals surface area contributed by atoms with Crippen LogP contribution in [0.15, 0.2) is 29.7 Å². The lowest BCUT2D eigenvalue weighted by Crippen LogP contribution is -2.33. The van der Waals surface area contributed by atoms with E-state index in [0.29, 0.717) is 19.0 Å². The highest BCUT2D eigenvalue weighted by molar-refractivity contribution is 7.99. The summed E-state index contributed by atoms with van der Waals surface area (Å²) in [6.07, 6.45) is 1.62. The Labute approximate surface area is 151 Å². The molecule has 8 heteroatoms. The first-order valence-electron chi connectivity index (χ1n) is 8.20. The summed E-state index contributed by atoms with van der Waals surface area (Å²) >= 11 is 1.37. The predicted octanol–water partition coefficient (Wildman–Crippen LogP) is 2.19. The Morgan fingerprint density at radius 2 is 2.08 bits per heavy atom. The molecule has 3 rings (SSSR count). The molecule has 1 aliphatic heterocycles. The van der Waals surface area contributed by atoms with E-state index in [1.54, 1.807) is 10.9 Å². The zero-order valence-corrected chi connectivity index (χ0v) is 15.4. The molecule has 134 valence electrons. The van der Waals surface area contributed by atoms with Gasteiger partial charge >= 0.3 is 0 Å². The Hall–Kier alpha value is -2.22. The lowest BCUT2D eigenvalue weighted by molar-refractivity contribution is -0.119. The third kappa shape index (κ3) is 4.25. The Kier molecular flexibility index (Phi) is 5.47. The van der Waals surface area contributed by atoms with Crippen LogP contribution in [0.2, 0.25) is 0 Å². The van der Waals surface area contributed by atoms with Crippen LogP contribution in [0.4, 0.5) is 0 Å². The smallest absolute Gasteiger partial charge is 0.230 e. The van der Waals surface area contributed by atoms with Gasteiger partial charge in [0.2, 0.25) is 5.91 Å². The minimum atomic E-state index is -0.0941. The summed E-state index contributed by atoms with van der Waals surface area (Å²) in [4.78, 5) is 12.4. The topological polar surface area (TPSA) is 78.3 Å². The molecular formula is C17H22N4O3S. The Bertz CT molecular complexity index is 747. The molecule has 1 aliphatic rings. The molecule has 0 bridgehead atoms. The molecular weight excluding hydrogens is 340 g/mol. The van der Waals surface area contributed by atoms with Crippen molar-refractivity contribution in [2.45, 2.75) is 25.0 Å². The lowest BCUT2D eigenvalue weighted by Gasteiger charge is -2.25. The van der Waals surface area contributed by atoms with E-state index in [1.165, 1.54) is 11.8 Å². The fourth-order valence-electron chi connectivity index (χ4n) is 2.64. The summed E-state index contributed by atoms with van der Waals surface area (Å²) in [5.74, 6) is 1.98. The normalized spacial score (nSPS) is 14.4. The van der Waals surface area contributed by atoms with E-state index >= 15 is 0 Å². The Balaban J connectivity index is 1.66. The van der Waals surface area contributed by atoms with Gasteiger partial charge in [0.05, 0.1) is 11.8 Å². The number of aryl methyl sites for hydroxylation is 1. The molecule has 1 N–H and O–H groups in total. The standard InChI is InChI=1S/C17H22N4O3S/c1-11(2)16(12-4-5-13-14(8-12)24-7-6-23-13)19-15(22)9-25-17-20-18-10-21(17)3/h4-5,8,10-11,16H,6-7,9H2,1-3H3,(H,19,22)/t16-/m0/s1. The van der Waals surface area contributed by atoms with Gasteiger partial charge in [0.15, 0.2) is 16.7 Å². The van der Waals surface area contributed by atoms with E-state index in [-0.39, 0.29) is 17.9 Å². The van der Waals surface area contributed by atoms with Crippen LogP contribution in [0.5, 0.6) is 11.5 Å². The SMILES string of the molecule is CC(C)[C@H](NC(=O)CSc1nncn1C)c1ccc2c(c1)OCCO2. The second-order valence-corrected chi connectivity index (χ2v) is 7.15. The monoisotopic (exact) mass is 362 g/mol. The highest BCUT2D eigenvalue weighted by Crippen LogP contribution is 2.34. The molecule has 2 aromatic rings. The van der Waals surface area contributed by atoms with E-state index in [1.807, 2.05) is 25.2 Å². The lowest BCUT2D eigenvalue weighted by atomic mass is 9.95. The van der Waals surface area contributed by atoms with Gasteiger partial charge in [0.25, 0.3) is 0 Å². The van der Waals surface area contributed by atoms with Crippen LogP contribution >= 0.6 is 11.8 Å². The summed E-state index contributed by atoms with van der Waals surface area (Å²) in [5, 5.41) is 11.6. The van der Waals surface area contributed by atoms with E-state index in [2.05, 4.69) is 29.4 Å². The number of nitrogens with zero attached hydrogens (tertiary/aromatic N) is 3. The average molecular weight is 362 g/mol. The summed E-state index contributed by atoms with van der Waals surface area (Å²) < 4.78 is 13.0. The number of hydrogen-bond acceptors (Lipinski definition) is 6. The fraction of sp³-hybridized carbons (Fsp3) is 0.471. The van der Waals surface area contributed by atoms with Crippen molar-refractivity contribution < 1.29 is 14.3 Å². The van der Waals surface area contributed by atoms with Crippen LogP contribution in [-0.2, 0) is 11.8 Å². The second kappa shape index (κ2) is 7.77. The third-order valence-electron chi connectivity index (χ3n) is 3.91. The summed E-state index contributed by atoms with van der Waals surface area (Å²) in [6, 6.07) is 5.74. The van der Waals surface area contributed by atoms with Crippen LogP contribution < -0.4 is 14.8 Å². The van der Waals surface area contributed by atoms with Gasteiger partial charge in [-0.3, -0.25) is 4.79 Å². The van der Waals surface area contributed by atoms with Crippen LogP contribution in [-0.4, -0.2) is 39.6 Å². The van der Waals surface area contributed by atoms with Crippen LogP contribution in [0.25, 0.3) is 0 Å². The first kappa shape index (κ1) is 17.6. The van der Waals surface area contributed by atoms with Crippen molar-refractivity contribution >= 4 is 17.7 Å². The predicted molar refractivity (Wildman–Crippen MR) is 94.9 cm³/mol. The van der Waals surface area contributed by atoms with Gasteiger partial charge in [0, 0.05) is 7.05 Å². The first-order chi connectivity index (χ1) is 12.0. The molecule has 25 heavy (non-hydrogen) atoms. The van der Waals surface area contributed by atoms with E-state index in [4.69, 9.17) is 9.47 Å². The average Bonchev–Trinajstić information content (AvgIpc) is 3.02. The van der Waals surface area contributed by atoms with E-state index in [0.717, 1.165) is 22.2 Å². The molecule has 0 unspecified atom stereocenters. The summed E-state index contributed by atoms with van der Waals surface area (Å²) in [5.41, 5.74) is 1.01. The van der Waals surface area contributed by atoms with Gasteiger partial charge in [-0.1, -0.05) is 31.7 Å². The van der Waals surface area contributed by atoms with Gasteiger partial charge in [0.1, 0.15) is 19.5 Å². The molecule has 1 aromatic carbocycles. The third-order valence-corrected chi connectivity index (χ3v) is 4.95. The Morgan fingerprint density at radius 1 is 1.32 bits per heavy atom. The highest BCUT2D eigenvalue weighted by Gasteiger charge is 2.21. The number of rotatable bonds is 6. The van der Waals surface area contributed by atoms with Crippen molar-refractivity contribution in [1.82, 2.24) is 20.1 Å². The second-order valence-electron chi connectivity index (χ2n) is 6.21. The number of benzene rings is 1. The molecule has 0 aliphatic carbocycles. The molecule has 7 nitrogen and oxygen atoms in total. The number of carbonyl (C=O) groups is 1. The number of aromatic nitrogens is 3. The molecule has 0 spiro atoms. The van der Waals surface area contributed by atoms with Gasteiger partial charge < -0.3 is 19.4 Å². The molecule has 1 atom stereocenters. The maximum atomic E-state index is 12.4. The van der Waals surface area contributed by atoms with E-state index in [9.17, 15) is 4.79 Å². The maximum absolute atomic E-state index is 12.4. The number of carbonyl (C=O) groups excluding carboxylic acids is 1. The number of amides is 1. The molecule has 2 heterocycles. The van der Waals surface area contributed by atoms with Crippen LogP contribution in [0.1, 0.15) is 25.5 Å². The largest absolute Gasteiger partial charge is 0.486 e. The van der Waals surface area contributed by atoms with Crippen molar-refractivity contribution in [2.75, 3.05) is 19.0 Å². The highest BCUT2D eigenvalue weighted by atomic mass is 32.2. The number of fused-ring (bicyclic) bond motifs is 1. The number of hydrogen-bond donors (Lipinski definition) is 1. The van der Waals surface area contributed by atoms with Crippen molar-refractivity contribution in [3.05, 3.63) is 30.1 Å². The molecule has 0 saturated carbocycles. The molecule has 1 amide bonds. The number of thioether (sulfide) groups is 1. The minimum Gasteiger partial charge on any atom is -0.486 e. The fourth-order valence-corrected chi connectivity index (χ4v) is 3.34. The van der Waals surface area contributed by atoms with Crippen LogP contribution in [0, 0.1) is 5.92 Å². The zero-order valence-electron chi connectivity index (χ0n) is 14.6. The number of ether oxygens (including phenoxy) is 2. The van der Waals surface area contributed by atoms with E-state index < -0.39 is 0 Å². The van der Waals surface area contributed by atoms with Gasteiger partial charge in [-0.25, -0.2) is 0 Å². The van der Waals surface area contributed by atoms with Crippen molar-refractivity contribution in [3.63, 3.8) is 0 Å². The first-order valence-corrected chi connectivity index (χ1v) is 9.19. The minimum absolute atomic E-state index is 0.0402. The van der Waals surface area contributed by atoms with Gasteiger partial charge in [-0.05, 0) is 23.6 Å². The van der Waals surface area contributed by atoms with Crippen molar-refractivity contribution in [3.8, 4) is 11.5 Å². The number of nitrogens with one attached hydrogen (secondary N) is 1. The Morgan fingerprint density at radius 3 is 2.76 bits per heavy atom. The van der Waals surface area contributed by atoms with Crippen molar-refractivity contribution in [1.29, 1.82) is 0 Å². The molecule has 0 saturated heterocycles. The van der Waals surface area contributed by atoms with Gasteiger partial charge in [-0.15, -0.1) is 10.2 Å². The summed E-state index contributed by atoms with van der Waals surface area (Å²) in [7, 11) is 1.85.